The van der Waals surface area contributed by atoms with Crippen molar-refractivity contribution in [1.82, 2.24) is 15.1 Å². The van der Waals surface area contributed by atoms with Gasteiger partial charge in [-0.25, -0.2) is 4.39 Å². The lowest BCUT2D eigenvalue weighted by atomic mass is 10.1. The number of piperazine rings is 1. The molecule has 30 heavy (non-hydrogen) atoms. The number of rotatable bonds is 9. The highest BCUT2D eigenvalue weighted by atomic mass is 19.1. The molecule has 0 radical (unpaired) electrons. The fraction of sp³-hybridized carbons (Fsp3) is 0.391. The van der Waals surface area contributed by atoms with E-state index in [2.05, 4.69) is 32.6 Å². The summed E-state index contributed by atoms with van der Waals surface area (Å²) in [4.78, 5) is 28.5. The van der Waals surface area contributed by atoms with E-state index in [1.54, 1.807) is 12.1 Å². The zero-order valence-electron chi connectivity index (χ0n) is 17.1. The van der Waals surface area contributed by atoms with Crippen molar-refractivity contribution in [2.75, 3.05) is 51.1 Å². The van der Waals surface area contributed by atoms with Crippen molar-refractivity contribution in [2.24, 2.45) is 0 Å². The second kappa shape index (κ2) is 11.4. The lowest BCUT2D eigenvalue weighted by Crippen LogP contribution is -2.51. The fourth-order valence-corrected chi connectivity index (χ4v) is 3.47. The summed E-state index contributed by atoms with van der Waals surface area (Å²) >= 11 is 0. The quantitative estimate of drug-likeness (QED) is 0.620. The first-order valence-electron chi connectivity index (χ1n) is 10.4. The molecule has 1 heterocycles. The molecular weight excluding hydrogens is 383 g/mol. The van der Waals surface area contributed by atoms with Gasteiger partial charge in [-0.3, -0.25) is 19.4 Å². The van der Waals surface area contributed by atoms with Crippen LogP contribution in [0.25, 0.3) is 0 Å². The molecule has 1 saturated heterocycles. The summed E-state index contributed by atoms with van der Waals surface area (Å²) in [6, 6.07) is 16.0. The molecule has 160 valence electrons. The Hall–Kier alpha value is -2.77. The van der Waals surface area contributed by atoms with Crippen molar-refractivity contribution < 1.29 is 14.0 Å². The minimum absolute atomic E-state index is 0.0468. The molecule has 1 aliphatic rings. The van der Waals surface area contributed by atoms with Gasteiger partial charge in [0.1, 0.15) is 5.82 Å². The number of amides is 2. The third kappa shape index (κ3) is 7.57. The topological polar surface area (TPSA) is 64.7 Å². The van der Waals surface area contributed by atoms with Crippen molar-refractivity contribution in [3.05, 3.63) is 66.0 Å². The van der Waals surface area contributed by atoms with Crippen LogP contribution in [0.4, 0.5) is 10.1 Å². The Balaban J connectivity index is 1.27. The summed E-state index contributed by atoms with van der Waals surface area (Å²) in [6.45, 7) is 4.33. The number of hydrogen-bond donors (Lipinski definition) is 2. The summed E-state index contributed by atoms with van der Waals surface area (Å²) in [7, 11) is 0. The predicted octanol–water partition coefficient (Wildman–Crippen LogP) is 2.13. The summed E-state index contributed by atoms with van der Waals surface area (Å²) in [5, 5.41) is 5.77. The van der Waals surface area contributed by atoms with Gasteiger partial charge in [-0.05, 0) is 42.7 Å². The maximum Gasteiger partial charge on any atom is 0.238 e. The van der Waals surface area contributed by atoms with Gasteiger partial charge in [0.25, 0.3) is 0 Å². The zero-order chi connectivity index (χ0) is 21.2. The summed E-state index contributed by atoms with van der Waals surface area (Å²) < 4.78 is 12.9. The van der Waals surface area contributed by atoms with Crippen molar-refractivity contribution in [3.63, 3.8) is 0 Å². The highest BCUT2D eigenvalue weighted by Gasteiger charge is 2.20. The molecule has 2 aromatic carbocycles. The third-order valence-electron chi connectivity index (χ3n) is 5.13. The summed E-state index contributed by atoms with van der Waals surface area (Å²) in [5.41, 5.74) is 1.87. The van der Waals surface area contributed by atoms with Crippen LogP contribution in [0.1, 0.15) is 12.0 Å². The van der Waals surface area contributed by atoms with E-state index in [0.717, 1.165) is 39.0 Å². The Morgan fingerprint density at radius 3 is 2.07 bits per heavy atom. The molecule has 0 bridgehead atoms. The van der Waals surface area contributed by atoms with Crippen LogP contribution >= 0.6 is 0 Å². The Morgan fingerprint density at radius 2 is 1.43 bits per heavy atom. The molecular formula is C23H29FN4O2. The van der Waals surface area contributed by atoms with Crippen LogP contribution in [0.2, 0.25) is 0 Å². The van der Waals surface area contributed by atoms with Gasteiger partial charge in [0.15, 0.2) is 0 Å². The van der Waals surface area contributed by atoms with Crippen LogP contribution in [0.5, 0.6) is 0 Å². The predicted molar refractivity (Wildman–Crippen MR) is 116 cm³/mol. The molecule has 2 amide bonds. The maximum atomic E-state index is 12.9. The number of nitrogens with zero attached hydrogens (tertiary/aromatic N) is 2. The summed E-state index contributed by atoms with van der Waals surface area (Å²) in [5.74, 6) is -0.402. The molecule has 3 rings (SSSR count). The molecule has 0 saturated carbocycles. The number of hydrogen-bond acceptors (Lipinski definition) is 4. The first-order chi connectivity index (χ1) is 14.6. The summed E-state index contributed by atoms with van der Waals surface area (Å²) in [6.07, 6.45) is 1.88. The molecule has 0 atom stereocenters. The van der Waals surface area contributed by atoms with E-state index in [4.69, 9.17) is 0 Å². The Bertz CT molecular complexity index is 806. The second-order valence-electron chi connectivity index (χ2n) is 7.55. The van der Waals surface area contributed by atoms with Crippen LogP contribution in [0.3, 0.4) is 0 Å². The van der Waals surface area contributed by atoms with Crippen LogP contribution in [0.15, 0.2) is 54.6 Å². The smallest absolute Gasteiger partial charge is 0.238 e. The second-order valence-corrected chi connectivity index (χ2v) is 7.55. The lowest BCUT2D eigenvalue weighted by Gasteiger charge is -2.33. The molecule has 0 aromatic heterocycles. The van der Waals surface area contributed by atoms with E-state index < -0.39 is 0 Å². The van der Waals surface area contributed by atoms with Gasteiger partial charge in [-0.15, -0.1) is 0 Å². The van der Waals surface area contributed by atoms with E-state index in [9.17, 15) is 14.0 Å². The minimum Gasteiger partial charge on any atom is -0.355 e. The van der Waals surface area contributed by atoms with Gasteiger partial charge in [0.05, 0.1) is 13.1 Å². The Kier molecular flexibility index (Phi) is 8.35. The van der Waals surface area contributed by atoms with E-state index in [0.29, 0.717) is 18.8 Å². The highest BCUT2D eigenvalue weighted by Crippen LogP contribution is 2.09. The average molecular weight is 413 g/mol. The van der Waals surface area contributed by atoms with Crippen molar-refractivity contribution >= 4 is 17.5 Å². The molecule has 6 nitrogen and oxygen atoms in total. The molecule has 0 aliphatic carbocycles. The lowest BCUT2D eigenvalue weighted by molar-refractivity contribution is -0.123. The first-order valence-corrected chi connectivity index (χ1v) is 10.4. The van der Waals surface area contributed by atoms with Gasteiger partial charge in [0, 0.05) is 38.4 Å². The molecule has 0 unspecified atom stereocenters. The number of anilines is 1. The highest BCUT2D eigenvalue weighted by molar-refractivity contribution is 5.92. The van der Waals surface area contributed by atoms with Gasteiger partial charge in [0.2, 0.25) is 11.8 Å². The van der Waals surface area contributed by atoms with Gasteiger partial charge >= 0.3 is 0 Å². The molecule has 2 aromatic rings. The normalized spacial score (nSPS) is 15.0. The number of halogens is 1. The van der Waals surface area contributed by atoms with Crippen molar-refractivity contribution in [1.29, 1.82) is 0 Å². The number of benzene rings is 2. The molecule has 1 fully saturated rings. The monoisotopic (exact) mass is 412 g/mol. The van der Waals surface area contributed by atoms with E-state index in [1.807, 2.05) is 18.2 Å². The largest absolute Gasteiger partial charge is 0.355 e. The number of carbonyl (C=O) groups is 2. The van der Waals surface area contributed by atoms with Crippen LogP contribution in [-0.2, 0) is 16.0 Å². The van der Waals surface area contributed by atoms with Crippen LogP contribution in [-0.4, -0.2) is 67.4 Å². The Morgan fingerprint density at radius 1 is 0.833 bits per heavy atom. The molecule has 2 N–H and O–H groups in total. The Labute approximate surface area is 177 Å². The molecule has 0 spiro atoms. The van der Waals surface area contributed by atoms with Crippen molar-refractivity contribution in [2.45, 2.75) is 12.8 Å². The van der Waals surface area contributed by atoms with Gasteiger partial charge in [-0.2, -0.15) is 0 Å². The van der Waals surface area contributed by atoms with E-state index in [-0.39, 0.29) is 24.2 Å². The third-order valence-corrected chi connectivity index (χ3v) is 5.13. The standard InChI is InChI=1S/C23H29FN4O2/c24-20-8-10-21(11-9-20)26-23(30)18-28-15-13-27(14-16-28)17-22(29)25-12-4-7-19-5-2-1-3-6-19/h1-3,5-6,8-11H,4,7,12-18H2,(H,25,29)(H,26,30). The number of aryl methyl sites for hydroxylation is 1. The average Bonchev–Trinajstić information content (AvgIpc) is 2.75. The maximum absolute atomic E-state index is 12.9. The van der Waals surface area contributed by atoms with Crippen LogP contribution < -0.4 is 10.6 Å². The first kappa shape index (κ1) is 21.9. The van der Waals surface area contributed by atoms with Crippen LogP contribution in [0, 0.1) is 5.82 Å². The molecule has 7 heteroatoms. The van der Waals surface area contributed by atoms with E-state index in [1.165, 1.54) is 17.7 Å². The van der Waals surface area contributed by atoms with Gasteiger partial charge < -0.3 is 10.6 Å². The van der Waals surface area contributed by atoms with Crippen molar-refractivity contribution in [3.8, 4) is 0 Å². The van der Waals surface area contributed by atoms with E-state index >= 15 is 0 Å². The van der Waals surface area contributed by atoms with Gasteiger partial charge in [-0.1, -0.05) is 30.3 Å². The number of nitrogens with one attached hydrogen (secondary N) is 2. The zero-order valence-corrected chi connectivity index (χ0v) is 17.1. The fourth-order valence-electron chi connectivity index (χ4n) is 3.47. The SMILES string of the molecule is O=C(CN1CCN(CC(=O)Nc2ccc(F)cc2)CC1)NCCCc1ccccc1. The molecule has 1 aliphatic heterocycles. The number of carbonyl (C=O) groups excluding carboxylic acids is 2. The minimum atomic E-state index is -0.329.